The highest BCUT2D eigenvalue weighted by atomic mass is 16.5. The van der Waals surface area contributed by atoms with E-state index >= 15 is 0 Å². The van der Waals surface area contributed by atoms with Gasteiger partial charge in [0.25, 0.3) is 5.91 Å². The number of hydrogen-bond acceptors (Lipinski definition) is 6. The molecule has 0 radical (unpaired) electrons. The molecule has 0 unspecified atom stereocenters. The first kappa shape index (κ1) is 19.0. The lowest BCUT2D eigenvalue weighted by molar-refractivity contribution is 0.0947. The maximum Gasteiger partial charge on any atom is 0.295 e. The van der Waals surface area contributed by atoms with Gasteiger partial charge in [-0.15, -0.1) is 0 Å². The minimum Gasteiger partial charge on any atom is -0.504 e. The third kappa shape index (κ3) is 4.29. The van der Waals surface area contributed by atoms with E-state index in [1.54, 1.807) is 25.3 Å². The molecule has 28 heavy (non-hydrogen) atoms. The summed E-state index contributed by atoms with van der Waals surface area (Å²) in [6.07, 6.45) is 2.83. The number of nitrogens with zero attached hydrogens (tertiary/aromatic N) is 3. The SMILES string of the molecule is CCOc1cc(/C=N/NC(=O)c2nn(-c3ccccc3)cc2O)ccc1OC. The number of carbonyl (C=O) groups is 1. The highest BCUT2D eigenvalue weighted by Gasteiger charge is 2.16. The molecule has 1 aromatic heterocycles. The quantitative estimate of drug-likeness (QED) is 0.485. The third-order valence-corrected chi connectivity index (χ3v) is 3.80. The average molecular weight is 380 g/mol. The van der Waals surface area contributed by atoms with Crippen LogP contribution in [0.5, 0.6) is 17.2 Å². The van der Waals surface area contributed by atoms with Gasteiger partial charge in [0.2, 0.25) is 0 Å². The lowest BCUT2D eigenvalue weighted by Gasteiger charge is -2.09. The molecule has 2 aromatic carbocycles. The minimum atomic E-state index is -0.623. The Balaban J connectivity index is 1.70. The zero-order chi connectivity index (χ0) is 19.9. The van der Waals surface area contributed by atoms with Crippen LogP contribution in [0.4, 0.5) is 0 Å². The average Bonchev–Trinajstić information content (AvgIpc) is 3.11. The van der Waals surface area contributed by atoms with Crippen molar-refractivity contribution in [1.82, 2.24) is 15.2 Å². The lowest BCUT2D eigenvalue weighted by atomic mass is 10.2. The molecule has 0 fully saturated rings. The van der Waals surface area contributed by atoms with Gasteiger partial charge in [-0.2, -0.15) is 10.2 Å². The predicted molar refractivity (Wildman–Crippen MR) is 104 cm³/mol. The summed E-state index contributed by atoms with van der Waals surface area (Å²) in [6.45, 7) is 2.37. The number of benzene rings is 2. The van der Waals surface area contributed by atoms with Gasteiger partial charge >= 0.3 is 0 Å². The van der Waals surface area contributed by atoms with Crippen molar-refractivity contribution in [1.29, 1.82) is 0 Å². The molecule has 0 saturated heterocycles. The summed E-state index contributed by atoms with van der Waals surface area (Å²) >= 11 is 0. The molecule has 0 aliphatic carbocycles. The van der Waals surface area contributed by atoms with Crippen LogP contribution in [-0.4, -0.2) is 40.7 Å². The van der Waals surface area contributed by atoms with E-state index in [0.29, 0.717) is 23.7 Å². The molecule has 0 bridgehead atoms. The molecular weight excluding hydrogens is 360 g/mol. The van der Waals surface area contributed by atoms with E-state index in [4.69, 9.17) is 9.47 Å². The van der Waals surface area contributed by atoms with Gasteiger partial charge in [-0.05, 0) is 42.8 Å². The van der Waals surface area contributed by atoms with Crippen LogP contribution < -0.4 is 14.9 Å². The maximum atomic E-state index is 12.3. The number of hydrogen-bond donors (Lipinski definition) is 2. The molecule has 2 N–H and O–H groups in total. The van der Waals surface area contributed by atoms with Gasteiger partial charge in [0.05, 0.1) is 31.8 Å². The standard InChI is InChI=1S/C20H20N4O4/c1-3-28-18-11-14(9-10-17(18)27-2)12-21-22-20(26)19-16(25)13-24(23-19)15-7-5-4-6-8-15/h4-13,25H,3H2,1-2H3,(H,22,26)/b21-12+. The second-order valence-electron chi connectivity index (χ2n) is 5.69. The Hall–Kier alpha value is -3.81. The molecule has 1 amide bonds. The number of hydrazone groups is 1. The smallest absolute Gasteiger partial charge is 0.295 e. The van der Waals surface area contributed by atoms with Crippen molar-refractivity contribution in [2.45, 2.75) is 6.92 Å². The molecule has 144 valence electrons. The molecular formula is C20H20N4O4. The van der Waals surface area contributed by atoms with Crippen molar-refractivity contribution in [2.24, 2.45) is 5.10 Å². The fourth-order valence-electron chi connectivity index (χ4n) is 2.50. The largest absolute Gasteiger partial charge is 0.504 e. The van der Waals surface area contributed by atoms with Crippen molar-refractivity contribution >= 4 is 12.1 Å². The van der Waals surface area contributed by atoms with Crippen LogP contribution in [0.15, 0.2) is 59.8 Å². The number of amides is 1. The third-order valence-electron chi connectivity index (χ3n) is 3.80. The summed E-state index contributed by atoms with van der Waals surface area (Å²) in [7, 11) is 1.56. The molecule has 3 rings (SSSR count). The van der Waals surface area contributed by atoms with Crippen LogP contribution >= 0.6 is 0 Å². The molecule has 0 atom stereocenters. The Morgan fingerprint density at radius 3 is 2.75 bits per heavy atom. The van der Waals surface area contributed by atoms with Crippen LogP contribution in [0.3, 0.4) is 0 Å². The Morgan fingerprint density at radius 2 is 2.04 bits per heavy atom. The van der Waals surface area contributed by atoms with Gasteiger partial charge in [-0.3, -0.25) is 4.79 Å². The second kappa shape index (κ2) is 8.72. The number of ether oxygens (including phenoxy) is 2. The number of aromatic nitrogens is 2. The molecule has 8 heteroatoms. The zero-order valence-corrected chi connectivity index (χ0v) is 15.5. The molecule has 0 aliphatic rings. The Morgan fingerprint density at radius 1 is 1.25 bits per heavy atom. The van der Waals surface area contributed by atoms with Crippen molar-refractivity contribution in [2.75, 3.05) is 13.7 Å². The molecule has 1 heterocycles. The van der Waals surface area contributed by atoms with E-state index in [0.717, 1.165) is 5.69 Å². The van der Waals surface area contributed by atoms with Gasteiger partial charge in [0, 0.05) is 0 Å². The van der Waals surface area contributed by atoms with E-state index in [-0.39, 0.29) is 11.4 Å². The van der Waals surface area contributed by atoms with Crippen LogP contribution in [0.1, 0.15) is 23.0 Å². The monoisotopic (exact) mass is 380 g/mol. The molecule has 0 saturated carbocycles. The van der Waals surface area contributed by atoms with Crippen molar-refractivity contribution in [3.63, 3.8) is 0 Å². The van der Waals surface area contributed by atoms with E-state index in [9.17, 15) is 9.90 Å². The number of carbonyl (C=O) groups excluding carboxylic acids is 1. The number of aromatic hydroxyl groups is 1. The topological polar surface area (TPSA) is 98.0 Å². The lowest BCUT2D eigenvalue weighted by Crippen LogP contribution is -2.18. The summed E-state index contributed by atoms with van der Waals surface area (Å²) in [6, 6.07) is 14.4. The normalized spacial score (nSPS) is 10.8. The van der Waals surface area contributed by atoms with Crippen molar-refractivity contribution < 1.29 is 19.4 Å². The van der Waals surface area contributed by atoms with E-state index in [1.807, 2.05) is 37.3 Å². The highest BCUT2D eigenvalue weighted by Crippen LogP contribution is 2.27. The first-order valence-electron chi connectivity index (χ1n) is 8.60. The fraction of sp³-hybridized carbons (Fsp3) is 0.150. The Bertz CT molecular complexity index is 983. The van der Waals surface area contributed by atoms with E-state index < -0.39 is 5.91 Å². The number of para-hydroxylation sites is 1. The van der Waals surface area contributed by atoms with Crippen LogP contribution in [0.25, 0.3) is 5.69 Å². The van der Waals surface area contributed by atoms with E-state index in [1.165, 1.54) is 17.1 Å². The summed E-state index contributed by atoms with van der Waals surface area (Å²) in [5.41, 5.74) is 3.67. The maximum absolute atomic E-state index is 12.3. The molecule has 0 spiro atoms. The number of rotatable bonds is 7. The Kier molecular flexibility index (Phi) is 5.91. The zero-order valence-electron chi connectivity index (χ0n) is 15.5. The van der Waals surface area contributed by atoms with Gasteiger partial charge in [-0.1, -0.05) is 18.2 Å². The van der Waals surface area contributed by atoms with Crippen LogP contribution in [0, 0.1) is 0 Å². The van der Waals surface area contributed by atoms with Gasteiger partial charge in [-0.25, -0.2) is 10.1 Å². The minimum absolute atomic E-state index is 0.120. The highest BCUT2D eigenvalue weighted by molar-refractivity contribution is 5.95. The summed E-state index contributed by atoms with van der Waals surface area (Å²) in [5, 5.41) is 18.0. The van der Waals surface area contributed by atoms with Gasteiger partial charge in [0.1, 0.15) is 0 Å². The van der Waals surface area contributed by atoms with Gasteiger partial charge in [0.15, 0.2) is 22.9 Å². The predicted octanol–water partition coefficient (Wildman–Crippen LogP) is 2.75. The molecule has 3 aromatic rings. The van der Waals surface area contributed by atoms with Crippen molar-refractivity contribution in [3.8, 4) is 22.9 Å². The summed E-state index contributed by atoms with van der Waals surface area (Å²) in [5.74, 6) is 0.334. The van der Waals surface area contributed by atoms with Crippen LogP contribution in [-0.2, 0) is 0 Å². The molecule has 0 aliphatic heterocycles. The van der Waals surface area contributed by atoms with E-state index in [2.05, 4.69) is 15.6 Å². The van der Waals surface area contributed by atoms with Gasteiger partial charge < -0.3 is 14.6 Å². The first-order valence-corrected chi connectivity index (χ1v) is 8.60. The summed E-state index contributed by atoms with van der Waals surface area (Å²) in [4.78, 5) is 12.3. The molecule has 8 nitrogen and oxygen atoms in total. The Labute approximate surface area is 162 Å². The van der Waals surface area contributed by atoms with Crippen LogP contribution in [0.2, 0.25) is 0 Å². The fourth-order valence-corrected chi connectivity index (χ4v) is 2.50. The number of methoxy groups -OCH3 is 1. The first-order chi connectivity index (χ1) is 13.6. The number of nitrogens with one attached hydrogen (secondary N) is 1. The second-order valence-corrected chi connectivity index (χ2v) is 5.69. The summed E-state index contributed by atoms with van der Waals surface area (Å²) < 4.78 is 12.2. The van der Waals surface area contributed by atoms with Crippen molar-refractivity contribution in [3.05, 3.63) is 66.0 Å².